The first-order valence-electron chi connectivity index (χ1n) is 12.4. The number of aliphatic hydroxyl groups is 1. The van der Waals surface area contributed by atoms with E-state index in [0.29, 0.717) is 57.1 Å². The summed E-state index contributed by atoms with van der Waals surface area (Å²) in [5.41, 5.74) is 0.273. The molecule has 7 heteroatoms. The Bertz CT molecular complexity index is 987. The maximum atomic E-state index is 14.7. The topological polar surface area (TPSA) is 38.7 Å². The third kappa shape index (κ3) is 6.78. The van der Waals surface area contributed by atoms with E-state index in [4.69, 9.17) is 9.47 Å². The molecular weight excluding hydrogens is 460 g/mol. The highest BCUT2D eigenvalue weighted by Gasteiger charge is 2.28. The van der Waals surface area contributed by atoms with Gasteiger partial charge in [-0.1, -0.05) is 25.5 Å². The first-order chi connectivity index (χ1) is 16.9. The van der Waals surface area contributed by atoms with Crippen LogP contribution in [0.2, 0.25) is 0 Å². The van der Waals surface area contributed by atoms with Crippen LogP contribution in [0.1, 0.15) is 81.4 Å². The summed E-state index contributed by atoms with van der Waals surface area (Å²) in [7, 11) is 0. The van der Waals surface area contributed by atoms with Gasteiger partial charge in [-0.15, -0.1) is 6.58 Å². The Hall–Kier alpha value is -2.54. The summed E-state index contributed by atoms with van der Waals surface area (Å²) >= 11 is 0. The van der Waals surface area contributed by atoms with Gasteiger partial charge in [-0.25, -0.2) is 8.78 Å². The number of rotatable bonds is 12. The second kappa shape index (κ2) is 13.0. The fraction of sp³-hybridized carbons (Fsp3) is 0.500. The van der Waals surface area contributed by atoms with Crippen molar-refractivity contribution in [2.45, 2.75) is 70.3 Å². The van der Waals surface area contributed by atoms with E-state index in [1.165, 1.54) is 18.2 Å². The Kier molecular flexibility index (Phi) is 10.0. The average Bonchev–Trinajstić information content (AvgIpc) is 2.86. The lowest BCUT2D eigenvalue weighted by molar-refractivity contribution is 0.159. The third-order valence-corrected chi connectivity index (χ3v) is 6.65. The van der Waals surface area contributed by atoms with Gasteiger partial charge in [0.1, 0.15) is 0 Å². The van der Waals surface area contributed by atoms with Crippen molar-refractivity contribution >= 4 is 0 Å². The minimum absolute atomic E-state index is 0.0698. The molecule has 1 fully saturated rings. The van der Waals surface area contributed by atoms with Gasteiger partial charge in [0, 0.05) is 5.56 Å². The van der Waals surface area contributed by atoms with Gasteiger partial charge >= 0.3 is 0 Å². The molecule has 2 aromatic carbocycles. The van der Waals surface area contributed by atoms with Gasteiger partial charge in [-0.3, -0.25) is 0 Å². The molecule has 1 atom stereocenters. The van der Waals surface area contributed by atoms with Crippen LogP contribution in [0.25, 0.3) is 0 Å². The molecule has 1 aliphatic rings. The van der Waals surface area contributed by atoms with Gasteiger partial charge in [0.15, 0.2) is 23.1 Å². The van der Waals surface area contributed by atoms with Crippen molar-refractivity contribution in [2.75, 3.05) is 13.2 Å². The quantitative estimate of drug-likeness (QED) is 0.186. The molecule has 0 spiro atoms. The first kappa shape index (κ1) is 27.1. The molecule has 0 aliphatic heterocycles. The summed E-state index contributed by atoms with van der Waals surface area (Å²) in [5, 5.41) is 9.97. The first-order valence-corrected chi connectivity index (χ1v) is 12.4. The Labute approximate surface area is 204 Å². The summed E-state index contributed by atoms with van der Waals surface area (Å²) in [6.07, 6.45) is 5.78. The fourth-order valence-corrected chi connectivity index (χ4v) is 4.58. The summed E-state index contributed by atoms with van der Waals surface area (Å²) in [6, 6.07) is 5.78. The molecule has 0 amide bonds. The van der Waals surface area contributed by atoms with Crippen LogP contribution in [-0.2, 0) is 0 Å². The minimum atomic E-state index is -1.10. The highest BCUT2D eigenvalue weighted by atomic mass is 19.2. The second-order valence-electron chi connectivity index (χ2n) is 9.17. The van der Waals surface area contributed by atoms with E-state index >= 15 is 0 Å². The van der Waals surface area contributed by atoms with Gasteiger partial charge in [0.05, 0.1) is 19.3 Å². The van der Waals surface area contributed by atoms with E-state index in [1.807, 2.05) is 6.92 Å². The van der Waals surface area contributed by atoms with Crippen molar-refractivity contribution in [3.63, 3.8) is 0 Å². The Morgan fingerprint density at radius 3 is 2.29 bits per heavy atom. The highest BCUT2D eigenvalue weighted by Crippen LogP contribution is 2.39. The molecule has 35 heavy (non-hydrogen) atoms. The summed E-state index contributed by atoms with van der Waals surface area (Å²) in [6.45, 7) is 5.96. The fourth-order valence-electron chi connectivity index (χ4n) is 4.58. The summed E-state index contributed by atoms with van der Waals surface area (Å²) in [5.74, 6) is -4.31. The predicted molar refractivity (Wildman–Crippen MR) is 128 cm³/mol. The van der Waals surface area contributed by atoms with Crippen LogP contribution in [0.15, 0.2) is 36.9 Å². The second-order valence-corrected chi connectivity index (χ2v) is 9.17. The molecule has 0 aromatic heterocycles. The van der Waals surface area contributed by atoms with E-state index in [-0.39, 0.29) is 35.5 Å². The van der Waals surface area contributed by atoms with Gasteiger partial charge in [0.2, 0.25) is 11.6 Å². The monoisotopic (exact) mass is 494 g/mol. The number of benzene rings is 2. The lowest BCUT2D eigenvalue weighted by Crippen LogP contribution is -2.20. The molecule has 0 radical (unpaired) electrons. The maximum absolute atomic E-state index is 14.7. The maximum Gasteiger partial charge on any atom is 0.200 e. The summed E-state index contributed by atoms with van der Waals surface area (Å²) < 4.78 is 68.9. The normalized spacial score (nSPS) is 18.8. The van der Waals surface area contributed by atoms with E-state index in [0.717, 1.165) is 6.42 Å². The van der Waals surface area contributed by atoms with Crippen LogP contribution in [0, 0.1) is 29.2 Å². The van der Waals surface area contributed by atoms with Crippen molar-refractivity contribution in [1.82, 2.24) is 0 Å². The lowest BCUT2D eigenvalue weighted by atomic mass is 9.79. The van der Waals surface area contributed by atoms with Crippen LogP contribution in [0.5, 0.6) is 11.5 Å². The SMILES string of the molecule is C=CCCCOc1ccc(C2CCC(COc3ccc(C(O)CCC)c(F)c3F)CC2)c(F)c1F. The number of hydrogen-bond donors (Lipinski definition) is 1. The summed E-state index contributed by atoms with van der Waals surface area (Å²) in [4.78, 5) is 0. The molecule has 0 heterocycles. The molecule has 3 nitrogen and oxygen atoms in total. The van der Waals surface area contributed by atoms with Gasteiger partial charge < -0.3 is 14.6 Å². The van der Waals surface area contributed by atoms with Gasteiger partial charge in [-0.05, 0) is 80.5 Å². The zero-order valence-corrected chi connectivity index (χ0v) is 20.2. The smallest absolute Gasteiger partial charge is 0.200 e. The van der Waals surface area contributed by atoms with Crippen molar-refractivity contribution in [3.05, 3.63) is 71.3 Å². The number of ether oxygens (including phenoxy) is 2. The zero-order chi connectivity index (χ0) is 25.4. The van der Waals surface area contributed by atoms with Crippen molar-refractivity contribution in [3.8, 4) is 11.5 Å². The Morgan fingerprint density at radius 2 is 1.60 bits per heavy atom. The molecule has 192 valence electrons. The minimum Gasteiger partial charge on any atom is -0.490 e. The van der Waals surface area contributed by atoms with Crippen LogP contribution in [-0.4, -0.2) is 18.3 Å². The van der Waals surface area contributed by atoms with Crippen molar-refractivity contribution in [2.24, 2.45) is 5.92 Å². The number of halogens is 4. The Morgan fingerprint density at radius 1 is 0.943 bits per heavy atom. The van der Waals surface area contributed by atoms with Crippen molar-refractivity contribution in [1.29, 1.82) is 0 Å². The molecule has 1 saturated carbocycles. The zero-order valence-electron chi connectivity index (χ0n) is 20.2. The number of unbranched alkanes of at least 4 members (excludes halogenated alkanes) is 1. The van der Waals surface area contributed by atoms with Crippen molar-refractivity contribution < 1.29 is 32.1 Å². The standard InChI is InChI=1S/C28H34F4O3/c1-3-5-6-16-34-23-14-12-20(25(29)27(23)31)19-10-8-18(9-11-19)17-35-24-15-13-21(22(33)7-4-2)26(30)28(24)32/h3,12-15,18-19,22,33H,1,4-11,16-17H2,2H3. The molecule has 2 aromatic rings. The van der Waals surface area contributed by atoms with Crippen LogP contribution in [0.4, 0.5) is 17.6 Å². The van der Waals surface area contributed by atoms with E-state index in [2.05, 4.69) is 6.58 Å². The van der Waals surface area contributed by atoms with Gasteiger partial charge in [0.25, 0.3) is 0 Å². The molecule has 0 bridgehead atoms. The highest BCUT2D eigenvalue weighted by molar-refractivity contribution is 5.34. The van der Waals surface area contributed by atoms with Crippen LogP contribution >= 0.6 is 0 Å². The number of aliphatic hydroxyl groups excluding tert-OH is 1. The number of allylic oxidation sites excluding steroid dienone is 1. The average molecular weight is 495 g/mol. The predicted octanol–water partition coefficient (Wildman–Crippen LogP) is 7.77. The van der Waals surface area contributed by atoms with E-state index in [9.17, 15) is 22.7 Å². The molecule has 1 unspecified atom stereocenters. The van der Waals surface area contributed by atoms with Crippen LogP contribution in [0.3, 0.4) is 0 Å². The van der Waals surface area contributed by atoms with E-state index in [1.54, 1.807) is 12.1 Å². The Balaban J connectivity index is 1.54. The largest absolute Gasteiger partial charge is 0.490 e. The van der Waals surface area contributed by atoms with E-state index < -0.39 is 29.4 Å². The molecule has 0 saturated heterocycles. The third-order valence-electron chi connectivity index (χ3n) is 6.65. The molecular formula is C28H34F4O3. The molecule has 1 N–H and O–H groups in total. The lowest BCUT2D eigenvalue weighted by Gasteiger charge is -2.29. The molecule has 1 aliphatic carbocycles. The molecule has 3 rings (SSSR count). The van der Waals surface area contributed by atoms with Gasteiger partial charge in [-0.2, -0.15) is 8.78 Å². The van der Waals surface area contributed by atoms with Crippen LogP contribution < -0.4 is 9.47 Å². The number of hydrogen-bond acceptors (Lipinski definition) is 3.